The summed E-state index contributed by atoms with van der Waals surface area (Å²) in [5, 5.41) is 3.36. The second kappa shape index (κ2) is 10.2. The first-order valence-corrected chi connectivity index (χ1v) is 12.1. The number of nitrogens with one attached hydrogen (secondary N) is 1. The molecule has 8 heteroatoms. The number of carbonyl (C=O) groups is 1. The highest BCUT2D eigenvalue weighted by atomic mass is 35.5. The van der Waals surface area contributed by atoms with Crippen LogP contribution in [0.4, 0.5) is 11.4 Å². The largest absolute Gasteiger partial charge is 0.380 e. The number of halogens is 1. The van der Waals surface area contributed by atoms with Gasteiger partial charge < -0.3 is 10.1 Å². The second-order valence-corrected chi connectivity index (χ2v) is 9.80. The standard InChI is InChI=1S/C24H25ClN2O4S/c1-17-7-12-22(14-23(17)25)27(32(3,29)30)15-18-8-10-20(11-9-18)24(28)26-21-6-4-5-19(13-21)16-31-2/h4-14H,15-16H2,1-3H3,(H,26,28). The van der Waals surface area contributed by atoms with Gasteiger partial charge in [0, 0.05) is 23.4 Å². The lowest BCUT2D eigenvalue weighted by Crippen LogP contribution is -2.29. The third kappa shape index (κ3) is 6.09. The van der Waals surface area contributed by atoms with E-state index >= 15 is 0 Å². The van der Waals surface area contributed by atoms with Crippen LogP contribution in [0.3, 0.4) is 0 Å². The summed E-state index contributed by atoms with van der Waals surface area (Å²) in [5.41, 5.74) is 4.19. The van der Waals surface area contributed by atoms with Crippen molar-refractivity contribution in [2.75, 3.05) is 23.0 Å². The van der Waals surface area contributed by atoms with Crippen molar-refractivity contribution in [1.82, 2.24) is 0 Å². The summed E-state index contributed by atoms with van der Waals surface area (Å²) in [6.45, 7) is 2.44. The average molecular weight is 473 g/mol. The van der Waals surface area contributed by atoms with Gasteiger partial charge in [-0.1, -0.05) is 41.9 Å². The summed E-state index contributed by atoms with van der Waals surface area (Å²) >= 11 is 6.19. The molecule has 32 heavy (non-hydrogen) atoms. The van der Waals surface area contributed by atoms with Gasteiger partial charge >= 0.3 is 0 Å². The number of hydrogen-bond acceptors (Lipinski definition) is 4. The van der Waals surface area contributed by atoms with Crippen LogP contribution in [0.5, 0.6) is 0 Å². The minimum atomic E-state index is -3.54. The highest BCUT2D eigenvalue weighted by molar-refractivity contribution is 7.92. The van der Waals surface area contributed by atoms with Gasteiger partial charge in [-0.25, -0.2) is 8.42 Å². The van der Waals surface area contributed by atoms with E-state index < -0.39 is 10.0 Å². The van der Waals surface area contributed by atoms with Gasteiger partial charge in [-0.3, -0.25) is 9.10 Å². The van der Waals surface area contributed by atoms with Crippen LogP contribution in [-0.2, 0) is 27.9 Å². The maximum atomic E-state index is 12.6. The molecular formula is C24H25ClN2O4S. The van der Waals surface area contributed by atoms with Gasteiger partial charge in [0.1, 0.15) is 0 Å². The van der Waals surface area contributed by atoms with Crippen LogP contribution in [0.1, 0.15) is 27.0 Å². The highest BCUT2D eigenvalue weighted by Crippen LogP contribution is 2.26. The molecule has 0 radical (unpaired) electrons. The Balaban J connectivity index is 1.75. The number of amides is 1. The predicted octanol–water partition coefficient (Wildman–Crippen LogP) is 5.01. The lowest BCUT2D eigenvalue weighted by atomic mass is 10.1. The number of rotatable bonds is 8. The van der Waals surface area contributed by atoms with E-state index in [2.05, 4.69) is 5.32 Å². The van der Waals surface area contributed by atoms with E-state index in [1.807, 2.05) is 31.2 Å². The molecule has 0 aliphatic carbocycles. The number of carbonyl (C=O) groups excluding carboxylic acids is 1. The van der Waals surface area contributed by atoms with Gasteiger partial charge in [-0.2, -0.15) is 0 Å². The number of benzene rings is 3. The molecule has 168 valence electrons. The van der Waals surface area contributed by atoms with Gasteiger partial charge in [0.15, 0.2) is 0 Å². The van der Waals surface area contributed by atoms with Crippen molar-refractivity contribution in [2.45, 2.75) is 20.1 Å². The summed E-state index contributed by atoms with van der Waals surface area (Å²) in [7, 11) is -1.92. The molecule has 3 aromatic carbocycles. The van der Waals surface area contributed by atoms with Gasteiger partial charge in [-0.15, -0.1) is 0 Å². The fourth-order valence-corrected chi connectivity index (χ4v) is 4.23. The van der Waals surface area contributed by atoms with Crippen molar-refractivity contribution in [2.24, 2.45) is 0 Å². The molecule has 1 amide bonds. The number of hydrogen-bond donors (Lipinski definition) is 1. The Morgan fingerprint density at radius 2 is 1.75 bits per heavy atom. The Labute approximate surface area is 193 Å². The topological polar surface area (TPSA) is 75.7 Å². The number of ether oxygens (including phenoxy) is 1. The van der Waals surface area contributed by atoms with Crippen LogP contribution in [0.25, 0.3) is 0 Å². The number of methoxy groups -OCH3 is 1. The van der Waals surface area contributed by atoms with E-state index in [-0.39, 0.29) is 12.5 Å². The summed E-state index contributed by atoms with van der Waals surface area (Å²) < 4.78 is 31.2. The quantitative estimate of drug-likeness (QED) is 0.499. The van der Waals surface area contributed by atoms with Crippen LogP contribution >= 0.6 is 11.6 Å². The third-order valence-electron chi connectivity index (χ3n) is 4.88. The Kier molecular flexibility index (Phi) is 7.56. The molecule has 0 spiro atoms. The van der Waals surface area contributed by atoms with Crippen LogP contribution in [0.2, 0.25) is 5.02 Å². The van der Waals surface area contributed by atoms with Crippen molar-refractivity contribution in [3.8, 4) is 0 Å². The fourth-order valence-electron chi connectivity index (χ4n) is 3.17. The summed E-state index contributed by atoms with van der Waals surface area (Å²) in [6, 6.07) is 19.4. The molecule has 0 heterocycles. The van der Waals surface area contributed by atoms with E-state index in [0.717, 1.165) is 22.9 Å². The first-order valence-electron chi connectivity index (χ1n) is 9.89. The number of sulfonamides is 1. The van der Waals surface area contributed by atoms with E-state index in [4.69, 9.17) is 16.3 Å². The highest BCUT2D eigenvalue weighted by Gasteiger charge is 2.19. The smallest absolute Gasteiger partial charge is 0.255 e. The average Bonchev–Trinajstić information content (AvgIpc) is 2.74. The zero-order valence-electron chi connectivity index (χ0n) is 18.1. The molecule has 1 N–H and O–H groups in total. The molecule has 0 bridgehead atoms. The van der Waals surface area contributed by atoms with Gasteiger partial charge in [-0.05, 0) is 60.0 Å². The van der Waals surface area contributed by atoms with Crippen molar-refractivity contribution >= 4 is 38.9 Å². The van der Waals surface area contributed by atoms with E-state index in [1.165, 1.54) is 4.31 Å². The fraction of sp³-hybridized carbons (Fsp3) is 0.208. The lowest BCUT2D eigenvalue weighted by Gasteiger charge is -2.23. The van der Waals surface area contributed by atoms with E-state index in [9.17, 15) is 13.2 Å². The molecule has 0 atom stereocenters. The van der Waals surface area contributed by atoms with E-state index in [0.29, 0.717) is 28.6 Å². The van der Waals surface area contributed by atoms with Crippen LogP contribution < -0.4 is 9.62 Å². The molecule has 0 saturated heterocycles. The molecule has 3 aromatic rings. The zero-order chi connectivity index (χ0) is 23.3. The molecule has 0 aliphatic heterocycles. The molecule has 0 fully saturated rings. The Hall–Kier alpha value is -2.87. The SMILES string of the molecule is COCc1cccc(NC(=O)c2ccc(CN(c3ccc(C)c(Cl)c3)S(C)(=O)=O)cc2)c1. The van der Waals surface area contributed by atoms with Gasteiger partial charge in [0.05, 0.1) is 25.1 Å². The Morgan fingerprint density at radius 1 is 1.03 bits per heavy atom. The van der Waals surface area contributed by atoms with Crippen LogP contribution in [0.15, 0.2) is 66.7 Å². The molecule has 3 rings (SSSR count). The summed E-state index contributed by atoms with van der Waals surface area (Å²) in [6.07, 6.45) is 1.15. The number of anilines is 2. The monoisotopic (exact) mass is 472 g/mol. The Morgan fingerprint density at radius 3 is 2.38 bits per heavy atom. The maximum absolute atomic E-state index is 12.6. The molecule has 0 aromatic heterocycles. The van der Waals surface area contributed by atoms with Crippen molar-refractivity contribution in [1.29, 1.82) is 0 Å². The third-order valence-corrected chi connectivity index (χ3v) is 6.43. The van der Waals surface area contributed by atoms with Crippen LogP contribution in [0, 0.1) is 6.92 Å². The lowest BCUT2D eigenvalue weighted by molar-refractivity contribution is 0.102. The second-order valence-electron chi connectivity index (χ2n) is 7.49. The van der Waals surface area contributed by atoms with Crippen molar-refractivity contribution < 1.29 is 17.9 Å². The minimum Gasteiger partial charge on any atom is -0.380 e. The maximum Gasteiger partial charge on any atom is 0.255 e. The number of nitrogens with zero attached hydrogens (tertiary/aromatic N) is 1. The first kappa shape index (κ1) is 23.8. The first-order chi connectivity index (χ1) is 15.2. The molecule has 0 saturated carbocycles. The normalized spacial score (nSPS) is 11.2. The summed E-state index contributed by atoms with van der Waals surface area (Å²) in [5.74, 6) is -0.253. The van der Waals surface area contributed by atoms with Crippen molar-refractivity contribution in [3.05, 3.63) is 94.0 Å². The molecular weight excluding hydrogens is 448 g/mol. The molecule has 0 aliphatic rings. The molecule has 6 nitrogen and oxygen atoms in total. The summed E-state index contributed by atoms with van der Waals surface area (Å²) in [4.78, 5) is 12.6. The van der Waals surface area contributed by atoms with Gasteiger partial charge in [0.25, 0.3) is 5.91 Å². The zero-order valence-corrected chi connectivity index (χ0v) is 19.7. The van der Waals surface area contributed by atoms with Gasteiger partial charge in [0.2, 0.25) is 10.0 Å². The Bertz CT molecular complexity index is 1210. The van der Waals surface area contributed by atoms with Crippen LogP contribution in [-0.4, -0.2) is 27.7 Å². The molecule has 0 unspecified atom stereocenters. The minimum absolute atomic E-state index is 0.124. The van der Waals surface area contributed by atoms with Crippen molar-refractivity contribution in [3.63, 3.8) is 0 Å². The van der Waals surface area contributed by atoms with E-state index in [1.54, 1.807) is 49.6 Å². The predicted molar refractivity (Wildman–Crippen MR) is 129 cm³/mol. The number of aryl methyl sites for hydroxylation is 1.